The number of aryl methyl sites for hydroxylation is 1. The van der Waals surface area contributed by atoms with E-state index in [-0.39, 0.29) is 67.3 Å². The van der Waals surface area contributed by atoms with Gasteiger partial charge in [0.15, 0.2) is 8.32 Å². The molecule has 7 atom stereocenters. The molecule has 3 aromatic rings. The lowest BCUT2D eigenvalue weighted by atomic mass is 9.81. The van der Waals surface area contributed by atoms with Gasteiger partial charge in [0, 0.05) is 19.5 Å². The molecule has 0 aliphatic carbocycles. The van der Waals surface area contributed by atoms with Crippen LogP contribution in [0.3, 0.4) is 0 Å². The smallest absolute Gasteiger partial charge is 0.410 e. The first-order chi connectivity index (χ1) is 31.4. The van der Waals surface area contributed by atoms with Gasteiger partial charge in [-0.15, -0.1) is 0 Å². The number of halogens is 2. The van der Waals surface area contributed by atoms with Crippen LogP contribution in [-0.2, 0) is 47.7 Å². The van der Waals surface area contributed by atoms with E-state index >= 15 is 13.6 Å². The van der Waals surface area contributed by atoms with Crippen molar-refractivity contribution in [3.05, 3.63) is 107 Å². The van der Waals surface area contributed by atoms with Crippen molar-refractivity contribution >= 4 is 32.1 Å². The number of rotatable bonds is 18. The Morgan fingerprint density at radius 2 is 1.61 bits per heavy atom. The average Bonchev–Trinajstić information content (AvgIpc) is 3.81. The Labute approximate surface area is 397 Å². The summed E-state index contributed by atoms with van der Waals surface area (Å²) in [6, 6.07) is 19.3. The van der Waals surface area contributed by atoms with Crippen LogP contribution in [0.1, 0.15) is 110 Å². The highest BCUT2D eigenvalue weighted by Gasteiger charge is 2.54. The Bertz CT molecular complexity index is 2240. The Morgan fingerprint density at radius 1 is 0.955 bits per heavy atom. The molecule has 67 heavy (non-hydrogen) atoms. The Hall–Kier alpha value is -5.17. The maximum absolute atomic E-state index is 15.4. The van der Waals surface area contributed by atoms with Crippen molar-refractivity contribution in [2.24, 2.45) is 5.92 Å². The van der Waals surface area contributed by atoms with E-state index in [1.165, 1.54) is 19.1 Å². The summed E-state index contributed by atoms with van der Waals surface area (Å²) in [5.74, 6) is -3.04. The van der Waals surface area contributed by atoms with Crippen molar-refractivity contribution in [3.63, 3.8) is 0 Å². The molecular formula is C52H71F2N5O7Si. The summed E-state index contributed by atoms with van der Waals surface area (Å²) in [6.45, 7) is 21.4. The number of nitriles is 1. The molecule has 2 heterocycles. The SMILES string of the molecule is CC[C@@H](C)C1(NC(C)=O)CCN(C(CCc2ccccc2)C(=O)N[C@@H](Cc2cc(F)cc(F)c2)[C@H](O[Si](C)(C)C(C)(C)C)[C@H]2C[C@@H](OCc3cccc(C#N)c3)CN2C(=O)OC(C)(C)C)C1=O. The van der Waals surface area contributed by atoms with E-state index in [2.05, 4.69) is 50.6 Å². The van der Waals surface area contributed by atoms with Crippen molar-refractivity contribution in [1.29, 1.82) is 5.26 Å². The van der Waals surface area contributed by atoms with Gasteiger partial charge in [-0.25, -0.2) is 13.6 Å². The highest BCUT2D eigenvalue weighted by atomic mass is 28.4. The number of carbonyl (C=O) groups is 4. The molecule has 2 aliphatic rings. The zero-order valence-electron chi connectivity index (χ0n) is 41.2. The molecule has 0 radical (unpaired) electrons. The van der Waals surface area contributed by atoms with E-state index in [0.717, 1.165) is 17.2 Å². The third kappa shape index (κ3) is 13.5. The predicted octanol–water partition coefficient (Wildman–Crippen LogP) is 9.00. The fourth-order valence-electron chi connectivity index (χ4n) is 8.98. The van der Waals surface area contributed by atoms with E-state index in [1.54, 1.807) is 48.8 Å². The Kier molecular flexibility index (Phi) is 17.2. The lowest BCUT2D eigenvalue weighted by molar-refractivity contribution is -0.144. The molecule has 2 unspecified atom stereocenters. The predicted molar refractivity (Wildman–Crippen MR) is 256 cm³/mol. The van der Waals surface area contributed by atoms with E-state index in [1.807, 2.05) is 50.2 Å². The van der Waals surface area contributed by atoms with Gasteiger partial charge in [0.25, 0.3) is 0 Å². The van der Waals surface area contributed by atoms with E-state index in [4.69, 9.17) is 13.9 Å². The topological polar surface area (TPSA) is 150 Å². The number of amides is 4. The van der Waals surface area contributed by atoms with Gasteiger partial charge < -0.3 is 29.4 Å². The number of ether oxygens (including phenoxy) is 2. The van der Waals surface area contributed by atoms with E-state index in [9.17, 15) is 19.6 Å². The summed E-state index contributed by atoms with van der Waals surface area (Å²) in [4.78, 5) is 60.5. The van der Waals surface area contributed by atoms with Crippen LogP contribution in [0.2, 0.25) is 18.1 Å². The average molecular weight is 944 g/mol. The summed E-state index contributed by atoms with van der Waals surface area (Å²) in [7, 11) is -2.83. The molecule has 2 N–H and O–H groups in total. The van der Waals surface area contributed by atoms with Gasteiger partial charge in [-0.05, 0) is 118 Å². The number of carbonyl (C=O) groups excluding carboxylic acids is 4. The number of nitrogens with one attached hydrogen (secondary N) is 2. The minimum Gasteiger partial charge on any atom is -0.444 e. The zero-order chi connectivity index (χ0) is 49.5. The van der Waals surface area contributed by atoms with Gasteiger partial charge in [0.2, 0.25) is 17.7 Å². The highest BCUT2D eigenvalue weighted by Crippen LogP contribution is 2.41. The summed E-state index contributed by atoms with van der Waals surface area (Å²) in [5, 5.41) is 15.4. The fourth-order valence-corrected chi connectivity index (χ4v) is 10.3. The van der Waals surface area contributed by atoms with Crippen LogP contribution in [-0.4, -0.2) is 96.5 Å². The maximum atomic E-state index is 15.4. The first-order valence-electron chi connectivity index (χ1n) is 23.5. The molecule has 12 nitrogen and oxygen atoms in total. The van der Waals surface area contributed by atoms with Crippen LogP contribution in [0.25, 0.3) is 0 Å². The molecule has 2 aliphatic heterocycles. The summed E-state index contributed by atoms with van der Waals surface area (Å²) < 4.78 is 50.0. The van der Waals surface area contributed by atoms with Gasteiger partial charge in [-0.1, -0.05) is 83.5 Å². The molecule has 3 aromatic carbocycles. The van der Waals surface area contributed by atoms with Gasteiger partial charge in [-0.2, -0.15) is 5.26 Å². The number of likely N-dealkylation sites (tertiary alicyclic amines) is 2. The summed E-state index contributed by atoms with van der Waals surface area (Å²) in [5.41, 5.74) is 0.356. The minimum atomic E-state index is -2.83. The first-order valence-corrected chi connectivity index (χ1v) is 26.4. The molecule has 0 bridgehead atoms. The van der Waals surface area contributed by atoms with E-state index in [0.29, 0.717) is 24.8 Å². The molecule has 4 amide bonds. The second-order valence-corrected chi connectivity index (χ2v) is 25.6. The van der Waals surface area contributed by atoms with Crippen molar-refractivity contribution < 1.29 is 41.9 Å². The number of benzene rings is 3. The summed E-state index contributed by atoms with van der Waals surface area (Å²) in [6.07, 6.45) is -0.438. The molecule has 2 saturated heterocycles. The maximum Gasteiger partial charge on any atom is 0.410 e. The second-order valence-electron chi connectivity index (χ2n) is 20.9. The molecule has 364 valence electrons. The zero-order valence-corrected chi connectivity index (χ0v) is 42.2. The third-order valence-corrected chi connectivity index (χ3v) is 18.1. The first kappa shape index (κ1) is 52.8. The molecule has 0 saturated carbocycles. The lowest BCUT2D eigenvalue weighted by Gasteiger charge is -2.45. The van der Waals surface area contributed by atoms with Crippen LogP contribution in [0.5, 0.6) is 0 Å². The second kappa shape index (κ2) is 21.8. The monoisotopic (exact) mass is 944 g/mol. The quantitative estimate of drug-likeness (QED) is 0.120. The minimum absolute atomic E-state index is 0.104. The number of hydrogen-bond donors (Lipinski definition) is 2. The standard InChI is InChI=1S/C52H71F2N5O7Si/c1-12-34(2)52(57-35(3)60)23-24-58(48(52)62)44(22-21-36-17-14-13-15-18-36)47(61)56-43(28-39-26-40(53)29-41(54)27-39)46(66-67(10,11)51(7,8)9)45-30-42(32-59(45)49(63)65-50(4,5)6)64-33-38-20-16-19-37(25-38)31-55/h13-20,25-27,29,34,42-46H,12,21-24,28,30,32-33H2,1-11H3,(H,56,61)(H,57,60)/t34-,42-,43+,44?,45-,46+,52?/m1/s1. The third-order valence-electron chi connectivity index (χ3n) is 13.7. The van der Waals surface area contributed by atoms with Crippen molar-refractivity contribution in [2.45, 2.75) is 167 Å². The highest BCUT2D eigenvalue weighted by molar-refractivity contribution is 6.74. The molecule has 15 heteroatoms. The van der Waals surface area contributed by atoms with Crippen molar-refractivity contribution in [2.75, 3.05) is 13.1 Å². The molecular weight excluding hydrogens is 873 g/mol. The Balaban J connectivity index is 1.64. The van der Waals surface area contributed by atoms with Crippen molar-refractivity contribution in [1.82, 2.24) is 20.4 Å². The van der Waals surface area contributed by atoms with Crippen LogP contribution < -0.4 is 10.6 Å². The summed E-state index contributed by atoms with van der Waals surface area (Å²) >= 11 is 0. The van der Waals surface area contributed by atoms with Gasteiger partial charge in [0.1, 0.15) is 28.8 Å². The van der Waals surface area contributed by atoms with Crippen LogP contribution >= 0.6 is 0 Å². The van der Waals surface area contributed by atoms with Gasteiger partial charge >= 0.3 is 6.09 Å². The van der Waals surface area contributed by atoms with Crippen LogP contribution in [0.4, 0.5) is 13.6 Å². The molecule has 0 aromatic heterocycles. The number of nitrogens with zero attached hydrogens (tertiary/aromatic N) is 3. The van der Waals surface area contributed by atoms with Crippen molar-refractivity contribution in [3.8, 4) is 6.07 Å². The molecule has 5 rings (SSSR count). The molecule has 2 fully saturated rings. The van der Waals surface area contributed by atoms with Gasteiger partial charge in [0.05, 0.1) is 49.1 Å². The fraction of sp³-hybridized carbons (Fsp3) is 0.558. The largest absolute Gasteiger partial charge is 0.444 e. The van der Waals surface area contributed by atoms with Crippen LogP contribution in [0.15, 0.2) is 72.8 Å². The number of hydrogen-bond acceptors (Lipinski definition) is 8. The van der Waals surface area contributed by atoms with E-state index < -0.39 is 73.4 Å². The molecule has 0 spiro atoms. The van der Waals surface area contributed by atoms with Crippen LogP contribution in [0, 0.1) is 28.9 Å². The lowest BCUT2D eigenvalue weighted by Crippen LogP contribution is -2.63. The Morgan fingerprint density at radius 3 is 2.21 bits per heavy atom. The van der Waals surface area contributed by atoms with Gasteiger partial charge in [-0.3, -0.25) is 19.3 Å². The normalized spacial score (nSPS) is 20.7.